The van der Waals surface area contributed by atoms with E-state index in [0.717, 1.165) is 25.7 Å². The topological polar surface area (TPSA) is 55.1 Å². The Morgan fingerprint density at radius 3 is 2.68 bits per heavy atom. The average Bonchev–Trinajstić information content (AvgIpc) is 2.81. The molecule has 1 rings (SSSR count). The molecule has 0 aliphatic heterocycles. The van der Waals surface area contributed by atoms with E-state index in [1.165, 1.54) is 4.88 Å². The van der Waals surface area contributed by atoms with Crippen molar-refractivity contribution in [2.24, 2.45) is 5.73 Å². The molecule has 0 radical (unpaired) electrons. The highest BCUT2D eigenvalue weighted by Crippen LogP contribution is 2.13. The number of carbonyl (C=O) groups is 1. The summed E-state index contributed by atoms with van der Waals surface area (Å²) in [4.78, 5) is 13.1. The fraction of sp³-hybridized carbons (Fsp3) is 0.643. The molecule has 3 nitrogen and oxygen atoms in total. The monoisotopic (exact) mass is 304 g/mol. The second-order valence-electron chi connectivity index (χ2n) is 5.28. The second kappa shape index (κ2) is 9.34. The standard InChI is InChI=1S/C14H24N2OS.ClH/c1-14(2,11-15)16-13(17)9-5-3-4-7-12-8-6-10-18-12;/h6,8,10H,3-5,7,9,11,15H2,1-2H3,(H,16,17);1H. The van der Waals surface area contributed by atoms with Gasteiger partial charge in [0.2, 0.25) is 5.91 Å². The molecule has 0 spiro atoms. The number of nitrogens with one attached hydrogen (secondary N) is 1. The van der Waals surface area contributed by atoms with Crippen LogP contribution in [0.1, 0.15) is 44.4 Å². The van der Waals surface area contributed by atoms with Crippen molar-refractivity contribution < 1.29 is 4.79 Å². The molecule has 5 heteroatoms. The summed E-state index contributed by atoms with van der Waals surface area (Å²) in [5.74, 6) is 0.113. The van der Waals surface area contributed by atoms with Gasteiger partial charge in [0, 0.05) is 23.4 Å². The number of hydrogen-bond donors (Lipinski definition) is 2. The van der Waals surface area contributed by atoms with Crippen LogP contribution in [0.5, 0.6) is 0 Å². The number of unbranched alkanes of at least 4 members (excludes halogenated alkanes) is 2. The lowest BCUT2D eigenvalue weighted by atomic mass is 10.1. The van der Waals surface area contributed by atoms with Gasteiger partial charge in [-0.15, -0.1) is 23.7 Å². The van der Waals surface area contributed by atoms with Crippen molar-refractivity contribution in [1.29, 1.82) is 0 Å². The molecule has 0 bridgehead atoms. The molecule has 110 valence electrons. The molecule has 0 aliphatic rings. The Bertz CT molecular complexity index is 352. The Labute approximate surface area is 126 Å². The fourth-order valence-corrected chi connectivity index (χ4v) is 2.46. The third-order valence-electron chi connectivity index (χ3n) is 2.90. The van der Waals surface area contributed by atoms with Crippen LogP contribution in [0.25, 0.3) is 0 Å². The minimum atomic E-state index is -0.284. The van der Waals surface area contributed by atoms with Gasteiger partial charge in [0.25, 0.3) is 0 Å². The van der Waals surface area contributed by atoms with Gasteiger partial charge in [-0.3, -0.25) is 4.79 Å². The Morgan fingerprint density at radius 2 is 2.11 bits per heavy atom. The van der Waals surface area contributed by atoms with Crippen molar-refractivity contribution in [2.45, 2.75) is 51.5 Å². The third-order valence-corrected chi connectivity index (χ3v) is 3.83. The van der Waals surface area contributed by atoms with Crippen LogP contribution in [-0.2, 0) is 11.2 Å². The van der Waals surface area contributed by atoms with Gasteiger partial charge in [0.15, 0.2) is 0 Å². The predicted octanol–water partition coefficient (Wildman–Crippen LogP) is 3.13. The maximum Gasteiger partial charge on any atom is 0.220 e. The lowest BCUT2D eigenvalue weighted by Crippen LogP contribution is -2.48. The van der Waals surface area contributed by atoms with E-state index in [1.54, 1.807) is 11.3 Å². The van der Waals surface area contributed by atoms with Crippen molar-refractivity contribution in [3.8, 4) is 0 Å². The van der Waals surface area contributed by atoms with E-state index in [9.17, 15) is 4.79 Å². The predicted molar refractivity (Wildman–Crippen MR) is 85.0 cm³/mol. The zero-order chi connectivity index (χ0) is 13.4. The van der Waals surface area contributed by atoms with Crippen LogP contribution in [0.3, 0.4) is 0 Å². The number of amides is 1. The van der Waals surface area contributed by atoms with Gasteiger partial charge in [0.1, 0.15) is 0 Å². The first-order valence-electron chi connectivity index (χ1n) is 6.57. The number of thiophene rings is 1. The number of nitrogens with two attached hydrogens (primary N) is 1. The van der Waals surface area contributed by atoms with E-state index < -0.39 is 0 Å². The molecule has 0 saturated carbocycles. The summed E-state index contributed by atoms with van der Waals surface area (Å²) in [6, 6.07) is 4.25. The van der Waals surface area contributed by atoms with Crippen LogP contribution < -0.4 is 11.1 Å². The van der Waals surface area contributed by atoms with E-state index in [1.807, 2.05) is 13.8 Å². The Hall–Kier alpha value is -0.580. The van der Waals surface area contributed by atoms with Crippen LogP contribution in [0.2, 0.25) is 0 Å². The van der Waals surface area contributed by atoms with Crippen molar-refractivity contribution in [3.63, 3.8) is 0 Å². The van der Waals surface area contributed by atoms with Gasteiger partial charge in [-0.1, -0.05) is 12.5 Å². The van der Waals surface area contributed by atoms with Crippen LogP contribution in [-0.4, -0.2) is 18.0 Å². The van der Waals surface area contributed by atoms with Crippen LogP contribution in [0.15, 0.2) is 17.5 Å². The molecule has 3 N–H and O–H groups in total. The lowest BCUT2D eigenvalue weighted by Gasteiger charge is -2.24. The SMILES string of the molecule is CC(C)(CN)NC(=O)CCCCCc1cccs1.Cl. The molecular weight excluding hydrogens is 280 g/mol. The summed E-state index contributed by atoms with van der Waals surface area (Å²) in [7, 11) is 0. The summed E-state index contributed by atoms with van der Waals surface area (Å²) >= 11 is 1.80. The molecule has 0 aliphatic carbocycles. The van der Waals surface area contributed by atoms with Gasteiger partial charge in [-0.2, -0.15) is 0 Å². The van der Waals surface area contributed by atoms with E-state index in [4.69, 9.17) is 5.73 Å². The molecule has 1 heterocycles. The number of aryl methyl sites for hydroxylation is 1. The minimum absolute atomic E-state index is 0. The summed E-state index contributed by atoms with van der Waals surface area (Å²) in [5.41, 5.74) is 5.29. The van der Waals surface area contributed by atoms with E-state index in [0.29, 0.717) is 13.0 Å². The Morgan fingerprint density at radius 1 is 1.37 bits per heavy atom. The fourth-order valence-electron chi connectivity index (χ4n) is 1.71. The molecule has 1 amide bonds. The number of rotatable bonds is 8. The number of halogens is 1. The van der Waals surface area contributed by atoms with Gasteiger partial charge >= 0.3 is 0 Å². The summed E-state index contributed by atoms with van der Waals surface area (Å²) < 4.78 is 0. The minimum Gasteiger partial charge on any atom is -0.350 e. The highest BCUT2D eigenvalue weighted by atomic mass is 35.5. The molecule has 0 atom stereocenters. The Kier molecular flexibility index (Phi) is 9.06. The maximum atomic E-state index is 11.6. The first kappa shape index (κ1) is 18.4. The highest BCUT2D eigenvalue weighted by Gasteiger charge is 2.17. The number of carbonyl (C=O) groups excluding carboxylic acids is 1. The summed E-state index contributed by atoms with van der Waals surface area (Å²) in [5, 5.41) is 5.06. The van der Waals surface area contributed by atoms with Gasteiger partial charge in [-0.05, 0) is 44.6 Å². The molecule has 1 aromatic heterocycles. The van der Waals surface area contributed by atoms with Gasteiger partial charge < -0.3 is 11.1 Å². The molecule has 0 unspecified atom stereocenters. The van der Waals surface area contributed by atoms with E-state index >= 15 is 0 Å². The van der Waals surface area contributed by atoms with Crippen molar-refractivity contribution >= 4 is 29.7 Å². The third kappa shape index (κ3) is 8.24. The highest BCUT2D eigenvalue weighted by molar-refractivity contribution is 7.09. The molecule has 1 aromatic rings. The van der Waals surface area contributed by atoms with Gasteiger partial charge in [-0.25, -0.2) is 0 Å². The quantitative estimate of drug-likeness (QED) is 0.725. The van der Waals surface area contributed by atoms with Gasteiger partial charge in [0.05, 0.1) is 0 Å². The first-order valence-corrected chi connectivity index (χ1v) is 7.45. The van der Waals surface area contributed by atoms with Crippen LogP contribution in [0, 0.1) is 0 Å². The van der Waals surface area contributed by atoms with E-state index in [2.05, 4.69) is 22.8 Å². The zero-order valence-corrected chi connectivity index (χ0v) is 13.4. The van der Waals surface area contributed by atoms with Crippen LogP contribution >= 0.6 is 23.7 Å². The molecular formula is C14H25ClN2OS. The zero-order valence-electron chi connectivity index (χ0n) is 11.8. The molecule has 0 saturated heterocycles. The summed E-state index contributed by atoms with van der Waals surface area (Å²) in [6.45, 7) is 4.36. The average molecular weight is 305 g/mol. The second-order valence-corrected chi connectivity index (χ2v) is 6.31. The smallest absolute Gasteiger partial charge is 0.220 e. The Balaban J connectivity index is 0.00000324. The largest absolute Gasteiger partial charge is 0.350 e. The van der Waals surface area contributed by atoms with Crippen LogP contribution in [0.4, 0.5) is 0 Å². The molecule has 0 aromatic carbocycles. The normalized spacial score (nSPS) is 10.9. The van der Waals surface area contributed by atoms with E-state index in [-0.39, 0.29) is 23.9 Å². The van der Waals surface area contributed by atoms with Crippen molar-refractivity contribution in [3.05, 3.63) is 22.4 Å². The van der Waals surface area contributed by atoms with Crippen molar-refractivity contribution in [2.75, 3.05) is 6.54 Å². The molecule has 19 heavy (non-hydrogen) atoms. The van der Waals surface area contributed by atoms with Crippen molar-refractivity contribution in [1.82, 2.24) is 5.32 Å². The maximum absolute atomic E-state index is 11.6. The lowest BCUT2D eigenvalue weighted by molar-refractivity contribution is -0.122. The number of hydrogen-bond acceptors (Lipinski definition) is 3. The summed E-state index contributed by atoms with van der Waals surface area (Å²) in [6.07, 6.45) is 4.96. The molecule has 0 fully saturated rings. The first-order chi connectivity index (χ1) is 8.53.